The molecule has 1 aromatic rings. The van der Waals surface area contributed by atoms with Gasteiger partial charge in [0.2, 0.25) is 0 Å². The van der Waals surface area contributed by atoms with Gasteiger partial charge >= 0.3 is 0 Å². The molecule has 0 bridgehead atoms. The van der Waals surface area contributed by atoms with Crippen LogP contribution in [0.4, 0.5) is 0 Å². The second kappa shape index (κ2) is 7.09. The number of hydrogen-bond acceptors (Lipinski definition) is 1. The van der Waals surface area contributed by atoms with Crippen molar-refractivity contribution >= 4 is 0 Å². The molecule has 1 aliphatic heterocycles. The lowest BCUT2D eigenvalue weighted by Crippen LogP contribution is -2.36. The zero-order valence-corrected chi connectivity index (χ0v) is 12.9. The van der Waals surface area contributed by atoms with Gasteiger partial charge < -0.3 is 0 Å². The highest BCUT2D eigenvalue weighted by Gasteiger charge is 2.21. The zero-order valence-electron chi connectivity index (χ0n) is 12.9. The second-order valence-electron chi connectivity index (χ2n) is 6.26. The van der Waals surface area contributed by atoms with E-state index in [-0.39, 0.29) is 0 Å². The maximum absolute atomic E-state index is 2.65. The molecule has 0 radical (unpaired) electrons. The smallest absolute Gasteiger partial charge is 0.0319 e. The molecule has 106 valence electrons. The number of aryl methyl sites for hydroxylation is 1. The van der Waals surface area contributed by atoms with Crippen LogP contribution in [-0.2, 0) is 6.42 Å². The molecule has 0 aromatic heterocycles. The molecule has 1 aliphatic rings. The van der Waals surface area contributed by atoms with Crippen molar-refractivity contribution in [3.8, 4) is 0 Å². The molecule has 0 N–H and O–H groups in total. The minimum Gasteiger partial charge on any atom is -0.296 e. The molecule has 2 unspecified atom stereocenters. The average Bonchev–Trinajstić information content (AvgIpc) is 2.45. The van der Waals surface area contributed by atoms with E-state index in [1.807, 2.05) is 0 Å². The number of rotatable bonds is 5. The SMILES string of the molecule is CCCCc1ccc(C(C)N2CCCC(C)C2)cc1. The second-order valence-corrected chi connectivity index (χ2v) is 6.26. The largest absolute Gasteiger partial charge is 0.296 e. The van der Waals surface area contributed by atoms with E-state index in [4.69, 9.17) is 0 Å². The number of unbranched alkanes of at least 4 members (excludes halogenated alkanes) is 1. The third kappa shape index (κ3) is 4.07. The lowest BCUT2D eigenvalue weighted by molar-refractivity contribution is 0.139. The molecule has 1 saturated heterocycles. The van der Waals surface area contributed by atoms with Crippen LogP contribution in [0, 0.1) is 5.92 Å². The van der Waals surface area contributed by atoms with Crippen molar-refractivity contribution in [2.45, 2.75) is 58.9 Å². The van der Waals surface area contributed by atoms with Crippen LogP contribution in [0.15, 0.2) is 24.3 Å². The summed E-state index contributed by atoms with van der Waals surface area (Å²) in [6.45, 7) is 9.53. The lowest BCUT2D eigenvalue weighted by Gasteiger charge is -2.35. The first-order valence-corrected chi connectivity index (χ1v) is 8.03. The summed E-state index contributed by atoms with van der Waals surface area (Å²) < 4.78 is 0. The van der Waals surface area contributed by atoms with Crippen LogP contribution in [-0.4, -0.2) is 18.0 Å². The summed E-state index contributed by atoms with van der Waals surface area (Å²) in [6.07, 6.45) is 6.58. The van der Waals surface area contributed by atoms with Crippen LogP contribution in [0.2, 0.25) is 0 Å². The predicted octanol–water partition coefficient (Wildman–Crippen LogP) is 4.82. The van der Waals surface area contributed by atoms with Gasteiger partial charge in [-0.25, -0.2) is 0 Å². The molecule has 2 rings (SSSR count). The summed E-state index contributed by atoms with van der Waals surface area (Å²) in [4.78, 5) is 2.65. The minimum atomic E-state index is 0.572. The molecule has 1 aromatic carbocycles. The molecule has 2 atom stereocenters. The fourth-order valence-corrected chi connectivity index (χ4v) is 3.13. The summed E-state index contributed by atoms with van der Waals surface area (Å²) in [5, 5.41) is 0. The summed E-state index contributed by atoms with van der Waals surface area (Å²) in [7, 11) is 0. The van der Waals surface area contributed by atoms with Crippen LogP contribution in [0.1, 0.15) is 63.6 Å². The van der Waals surface area contributed by atoms with E-state index in [2.05, 4.69) is 49.9 Å². The van der Waals surface area contributed by atoms with Crippen molar-refractivity contribution in [1.82, 2.24) is 4.90 Å². The van der Waals surface area contributed by atoms with Crippen LogP contribution in [0.25, 0.3) is 0 Å². The highest BCUT2D eigenvalue weighted by molar-refractivity contribution is 5.25. The van der Waals surface area contributed by atoms with Gasteiger partial charge in [0.05, 0.1) is 0 Å². The molecule has 0 aliphatic carbocycles. The van der Waals surface area contributed by atoms with Crippen molar-refractivity contribution in [2.24, 2.45) is 5.92 Å². The van der Waals surface area contributed by atoms with Crippen molar-refractivity contribution < 1.29 is 0 Å². The van der Waals surface area contributed by atoms with Crippen LogP contribution >= 0.6 is 0 Å². The lowest BCUT2D eigenvalue weighted by atomic mass is 9.96. The molecule has 1 heteroatoms. The molecule has 1 fully saturated rings. The monoisotopic (exact) mass is 259 g/mol. The quantitative estimate of drug-likeness (QED) is 0.732. The van der Waals surface area contributed by atoms with E-state index in [1.165, 1.54) is 56.3 Å². The minimum absolute atomic E-state index is 0.572. The molecule has 0 amide bonds. The van der Waals surface area contributed by atoms with E-state index in [9.17, 15) is 0 Å². The van der Waals surface area contributed by atoms with Crippen molar-refractivity contribution in [3.05, 3.63) is 35.4 Å². The van der Waals surface area contributed by atoms with E-state index < -0.39 is 0 Å². The van der Waals surface area contributed by atoms with E-state index in [1.54, 1.807) is 0 Å². The Bertz CT molecular complexity index is 368. The topological polar surface area (TPSA) is 3.24 Å². The fraction of sp³-hybridized carbons (Fsp3) is 0.667. The van der Waals surface area contributed by atoms with E-state index >= 15 is 0 Å². The van der Waals surface area contributed by atoms with Gasteiger partial charge in [-0.1, -0.05) is 44.5 Å². The average molecular weight is 259 g/mol. The Hall–Kier alpha value is -0.820. The first-order valence-electron chi connectivity index (χ1n) is 8.03. The Morgan fingerprint density at radius 3 is 2.63 bits per heavy atom. The van der Waals surface area contributed by atoms with Crippen molar-refractivity contribution in [1.29, 1.82) is 0 Å². The number of piperidine rings is 1. The third-order valence-electron chi connectivity index (χ3n) is 4.52. The first kappa shape index (κ1) is 14.6. The summed E-state index contributed by atoms with van der Waals surface area (Å²) in [6, 6.07) is 9.91. The van der Waals surface area contributed by atoms with Gasteiger partial charge in [0.25, 0.3) is 0 Å². The Kier molecular flexibility index (Phi) is 5.45. The standard InChI is InChI=1S/C18H29N/c1-4-5-8-17-9-11-18(12-10-17)16(3)19-13-6-7-15(2)14-19/h9-12,15-16H,4-8,13-14H2,1-3H3. The van der Waals surface area contributed by atoms with Crippen molar-refractivity contribution in [2.75, 3.05) is 13.1 Å². The van der Waals surface area contributed by atoms with Gasteiger partial charge in [0.1, 0.15) is 0 Å². The number of likely N-dealkylation sites (tertiary alicyclic amines) is 1. The maximum Gasteiger partial charge on any atom is 0.0319 e. The zero-order chi connectivity index (χ0) is 13.7. The Balaban J connectivity index is 1.96. The summed E-state index contributed by atoms with van der Waals surface area (Å²) in [5.74, 6) is 0.861. The Morgan fingerprint density at radius 1 is 1.26 bits per heavy atom. The molecule has 1 heterocycles. The molecular formula is C18H29N. The molecule has 1 nitrogen and oxygen atoms in total. The summed E-state index contributed by atoms with van der Waals surface area (Å²) >= 11 is 0. The Labute approximate surface area is 119 Å². The molecule has 0 spiro atoms. The van der Waals surface area contributed by atoms with E-state index in [0.29, 0.717) is 6.04 Å². The van der Waals surface area contributed by atoms with E-state index in [0.717, 1.165) is 5.92 Å². The van der Waals surface area contributed by atoms with Gasteiger partial charge in [-0.3, -0.25) is 4.90 Å². The third-order valence-corrected chi connectivity index (χ3v) is 4.52. The number of benzene rings is 1. The van der Waals surface area contributed by atoms with Crippen molar-refractivity contribution in [3.63, 3.8) is 0 Å². The highest BCUT2D eigenvalue weighted by atomic mass is 15.2. The van der Waals surface area contributed by atoms with Gasteiger partial charge in [-0.15, -0.1) is 0 Å². The first-order chi connectivity index (χ1) is 9.20. The molecule has 19 heavy (non-hydrogen) atoms. The molecule has 0 saturated carbocycles. The van der Waals surface area contributed by atoms with Crippen LogP contribution < -0.4 is 0 Å². The number of nitrogens with zero attached hydrogens (tertiary/aromatic N) is 1. The van der Waals surface area contributed by atoms with Gasteiger partial charge in [0.15, 0.2) is 0 Å². The van der Waals surface area contributed by atoms with Crippen LogP contribution in [0.3, 0.4) is 0 Å². The maximum atomic E-state index is 2.65. The normalized spacial score (nSPS) is 22.4. The van der Waals surface area contributed by atoms with Gasteiger partial charge in [0, 0.05) is 12.6 Å². The van der Waals surface area contributed by atoms with Crippen LogP contribution in [0.5, 0.6) is 0 Å². The Morgan fingerprint density at radius 2 is 2.00 bits per heavy atom. The fourth-order valence-electron chi connectivity index (χ4n) is 3.13. The highest BCUT2D eigenvalue weighted by Crippen LogP contribution is 2.26. The predicted molar refractivity (Wildman–Crippen MR) is 83.4 cm³/mol. The number of hydrogen-bond donors (Lipinski definition) is 0. The van der Waals surface area contributed by atoms with Gasteiger partial charge in [-0.2, -0.15) is 0 Å². The van der Waals surface area contributed by atoms with Gasteiger partial charge in [-0.05, 0) is 56.2 Å². The summed E-state index contributed by atoms with van der Waals surface area (Å²) in [5.41, 5.74) is 2.97. The molecular weight excluding hydrogens is 230 g/mol.